The van der Waals surface area contributed by atoms with Gasteiger partial charge in [0.1, 0.15) is 5.70 Å². The second kappa shape index (κ2) is 7.78. The van der Waals surface area contributed by atoms with Crippen molar-refractivity contribution >= 4 is 23.1 Å². The Kier molecular flexibility index (Phi) is 5.45. The molecule has 2 aromatic rings. The maximum atomic E-state index is 12.9. The molecule has 2 aromatic carbocycles. The summed E-state index contributed by atoms with van der Waals surface area (Å²) in [5.41, 5.74) is 4.71. The summed E-state index contributed by atoms with van der Waals surface area (Å²) in [4.78, 5) is 27.2. The van der Waals surface area contributed by atoms with E-state index in [-0.39, 0.29) is 11.8 Å². The molecule has 2 amide bonds. The van der Waals surface area contributed by atoms with Crippen molar-refractivity contribution in [1.82, 2.24) is 4.90 Å². The molecule has 0 bridgehead atoms. The van der Waals surface area contributed by atoms with Gasteiger partial charge in [-0.25, -0.2) is 0 Å². The quantitative estimate of drug-likeness (QED) is 0.757. The van der Waals surface area contributed by atoms with Crippen molar-refractivity contribution in [1.29, 1.82) is 0 Å². The highest BCUT2D eigenvalue weighted by Crippen LogP contribution is 2.31. The zero-order valence-corrected chi connectivity index (χ0v) is 16.4. The fraction of sp³-hybridized carbons (Fsp3) is 0.304. The Morgan fingerprint density at radius 1 is 0.926 bits per heavy atom. The monoisotopic (exact) mass is 362 g/mol. The average molecular weight is 362 g/mol. The Balaban J connectivity index is 2.01. The predicted molar refractivity (Wildman–Crippen MR) is 109 cm³/mol. The van der Waals surface area contributed by atoms with Crippen LogP contribution < -0.4 is 5.32 Å². The zero-order chi connectivity index (χ0) is 19.6. The summed E-state index contributed by atoms with van der Waals surface area (Å²) >= 11 is 0. The number of aryl methyl sites for hydroxylation is 1. The summed E-state index contributed by atoms with van der Waals surface area (Å²) in [5, 5.41) is 3.21. The van der Waals surface area contributed by atoms with Crippen molar-refractivity contribution in [3.8, 4) is 0 Å². The van der Waals surface area contributed by atoms with Gasteiger partial charge in [-0.15, -0.1) is 0 Å². The number of amides is 2. The Bertz CT molecular complexity index is 878. The van der Waals surface area contributed by atoms with E-state index in [1.54, 1.807) is 0 Å². The first kappa shape index (κ1) is 18.9. The lowest BCUT2D eigenvalue weighted by Crippen LogP contribution is -2.33. The molecular formula is C23H26N2O2. The van der Waals surface area contributed by atoms with Crippen LogP contribution in [0.4, 0.5) is 5.69 Å². The lowest BCUT2D eigenvalue weighted by Gasteiger charge is -2.14. The van der Waals surface area contributed by atoms with E-state index in [1.807, 2.05) is 62.4 Å². The minimum absolute atomic E-state index is 0.230. The molecule has 0 spiro atoms. The van der Waals surface area contributed by atoms with Crippen LogP contribution >= 0.6 is 0 Å². The van der Waals surface area contributed by atoms with Crippen molar-refractivity contribution < 1.29 is 9.59 Å². The van der Waals surface area contributed by atoms with Gasteiger partial charge >= 0.3 is 0 Å². The summed E-state index contributed by atoms with van der Waals surface area (Å²) < 4.78 is 0. The third kappa shape index (κ3) is 3.80. The van der Waals surface area contributed by atoms with Crippen LogP contribution in [-0.4, -0.2) is 23.3 Å². The van der Waals surface area contributed by atoms with Crippen LogP contribution in [0.1, 0.15) is 49.8 Å². The molecule has 0 unspecified atom stereocenters. The molecule has 0 saturated heterocycles. The van der Waals surface area contributed by atoms with E-state index in [1.165, 1.54) is 10.5 Å². The number of nitrogens with zero attached hydrogens (tertiary/aromatic N) is 1. The first-order valence-corrected chi connectivity index (χ1v) is 9.46. The largest absolute Gasteiger partial charge is 0.350 e. The van der Waals surface area contributed by atoms with E-state index in [0.29, 0.717) is 23.7 Å². The first-order chi connectivity index (χ1) is 12.9. The molecule has 4 heteroatoms. The second-order valence-corrected chi connectivity index (χ2v) is 7.28. The Labute approximate surface area is 160 Å². The van der Waals surface area contributed by atoms with E-state index in [9.17, 15) is 9.59 Å². The third-order valence-electron chi connectivity index (χ3n) is 4.80. The summed E-state index contributed by atoms with van der Waals surface area (Å²) in [7, 11) is 0. The highest BCUT2D eigenvalue weighted by Gasteiger charge is 2.38. The molecule has 0 atom stereocenters. The van der Waals surface area contributed by atoms with Crippen LogP contribution in [0.5, 0.6) is 0 Å². The molecule has 0 aliphatic carbocycles. The zero-order valence-electron chi connectivity index (χ0n) is 16.4. The molecule has 0 saturated carbocycles. The van der Waals surface area contributed by atoms with E-state index < -0.39 is 0 Å². The minimum Gasteiger partial charge on any atom is -0.350 e. The Morgan fingerprint density at radius 3 is 2.11 bits per heavy atom. The van der Waals surface area contributed by atoms with Crippen LogP contribution in [0.25, 0.3) is 5.57 Å². The molecule has 1 N–H and O–H groups in total. The number of carbonyl (C=O) groups is 2. The Hall–Kier alpha value is -2.88. The van der Waals surface area contributed by atoms with Crippen LogP contribution in [0.2, 0.25) is 0 Å². The number of nitrogens with one attached hydrogen (secondary N) is 1. The SMILES string of the molecule is CCCN1C(=O)C(Nc2ccc(C(C)C)cc2)=C(c2ccc(C)cc2)C1=O. The second-order valence-electron chi connectivity index (χ2n) is 7.28. The maximum absolute atomic E-state index is 12.9. The summed E-state index contributed by atoms with van der Waals surface area (Å²) in [6, 6.07) is 15.7. The standard InChI is InChI=1S/C23H26N2O2/c1-5-14-25-22(26)20(18-8-6-16(4)7-9-18)21(23(25)27)24-19-12-10-17(11-13-19)15(2)3/h6-13,15,24H,5,14H2,1-4H3. The van der Waals surface area contributed by atoms with Gasteiger partial charge in [0.2, 0.25) is 0 Å². The number of anilines is 1. The number of hydrogen-bond donors (Lipinski definition) is 1. The molecule has 4 nitrogen and oxygen atoms in total. The molecule has 1 aliphatic rings. The van der Waals surface area contributed by atoms with Crippen LogP contribution in [-0.2, 0) is 9.59 Å². The minimum atomic E-state index is -0.259. The number of benzene rings is 2. The van der Waals surface area contributed by atoms with Crippen molar-refractivity contribution in [2.75, 3.05) is 11.9 Å². The summed E-state index contributed by atoms with van der Waals surface area (Å²) in [5.74, 6) is -0.0477. The number of hydrogen-bond acceptors (Lipinski definition) is 3. The van der Waals surface area contributed by atoms with E-state index in [0.717, 1.165) is 23.2 Å². The molecule has 140 valence electrons. The Morgan fingerprint density at radius 2 is 1.56 bits per heavy atom. The average Bonchev–Trinajstić information content (AvgIpc) is 2.88. The first-order valence-electron chi connectivity index (χ1n) is 9.46. The lowest BCUT2D eigenvalue weighted by atomic mass is 10.0. The van der Waals surface area contributed by atoms with Gasteiger partial charge in [-0.3, -0.25) is 14.5 Å². The topological polar surface area (TPSA) is 49.4 Å². The fourth-order valence-electron chi connectivity index (χ4n) is 3.20. The molecular weight excluding hydrogens is 336 g/mol. The van der Waals surface area contributed by atoms with E-state index in [2.05, 4.69) is 19.2 Å². The van der Waals surface area contributed by atoms with Gasteiger partial charge in [0, 0.05) is 12.2 Å². The van der Waals surface area contributed by atoms with Gasteiger partial charge in [0.25, 0.3) is 11.8 Å². The van der Waals surface area contributed by atoms with Gasteiger partial charge in [0.05, 0.1) is 5.57 Å². The molecule has 1 aliphatic heterocycles. The van der Waals surface area contributed by atoms with E-state index in [4.69, 9.17) is 0 Å². The predicted octanol–water partition coefficient (Wildman–Crippen LogP) is 4.72. The summed E-state index contributed by atoms with van der Waals surface area (Å²) in [6.07, 6.45) is 0.731. The van der Waals surface area contributed by atoms with Crippen molar-refractivity contribution in [3.05, 3.63) is 70.9 Å². The number of rotatable bonds is 6. The van der Waals surface area contributed by atoms with Crippen molar-refractivity contribution in [3.63, 3.8) is 0 Å². The van der Waals surface area contributed by atoms with Crippen molar-refractivity contribution in [2.45, 2.75) is 40.0 Å². The maximum Gasteiger partial charge on any atom is 0.278 e. The van der Waals surface area contributed by atoms with Gasteiger partial charge in [0.15, 0.2) is 0 Å². The normalized spacial score (nSPS) is 14.5. The number of carbonyl (C=O) groups excluding carboxylic acids is 2. The van der Waals surface area contributed by atoms with Crippen LogP contribution in [0, 0.1) is 6.92 Å². The summed E-state index contributed by atoms with van der Waals surface area (Å²) in [6.45, 7) is 8.66. The molecule has 0 aromatic heterocycles. The highest BCUT2D eigenvalue weighted by molar-refractivity contribution is 6.36. The van der Waals surface area contributed by atoms with Crippen molar-refractivity contribution in [2.24, 2.45) is 0 Å². The van der Waals surface area contributed by atoms with E-state index >= 15 is 0 Å². The van der Waals surface area contributed by atoms with Crippen LogP contribution in [0.15, 0.2) is 54.2 Å². The fourth-order valence-corrected chi connectivity index (χ4v) is 3.20. The number of imide groups is 1. The van der Waals surface area contributed by atoms with Gasteiger partial charge < -0.3 is 5.32 Å². The molecule has 27 heavy (non-hydrogen) atoms. The lowest BCUT2D eigenvalue weighted by molar-refractivity contribution is -0.136. The smallest absolute Gasteiger partial charge is 0.278 e. The van der Waals surface area contributed by atoms with Gasteiger partial charge in [-0.1, -0.05) is 62.7 Å². The van der Waals surface area contributed by atoms with Gasteiger partial charge in [-0.05, 0) is 42.5 Å². The van der Waals surface area contributed by atoms with Gasteiger partial charge in [-0.2, -0.15) is 0 Å². The third-order valence-corrected chi connectivity index (χ3v) is 4.80. The van der Waals surface area contributed by atoms with Crippen LogP contribution in [0.3, 0.4) is 0 Å². The molecule has 0 radical (unpaired) electrons. The molecule has 1 heterocycles. The molecule has 3 rings (SSSR count). The molecule has 0 fully saturated rings. The highest BCUT2D eigenvalue weighted by atomic mass is 16.2.